The van der Waals surface area contributed by atoms with E-state index in [0.29, 0.717) is 32.1 Å². The lowest BCUT2D eigenvalue weighted by atomic mass is 10.3. The van der Waals surface area contributed by atoms with Gasteiger partial charge in [-0.05, 0) is 6.42 Å². The van der Waals surface area contributed by atoms with Gasteiger partial charge in [0.1, 0.15) is 0 Å². The van der Waals surface area contributed by atoms with Crippen molar-refractivity contribution in [2.45, 2.75) is 19.8 Å². The van der Waals surface area contributed by atoms with Crippen molar-refractivity contribution in [2.75, 3.05) is 43.4 Å². The Morgan fingerprint density at radius 3 is 2.74 bits per heavy atom. The molecule has 3 N–H and O–H groups in total. The van der Waals surface area contributed by atoms with E-state index in [1.807, 2.05) is 0 Å². The Morgan fingerprint density at radius 1 is 1.42 bits per heavy atom. The highest BCUT2D eigenvalue weighted by Crippen LogP contribution is 2.12. The first-order valence-corrected chi connectivity index (χ1v) is 9.42. The van der Waals surface area contributed by atoms with Gasteiger partial charge in [-0.2, -0.15) is 11.8 Å². The maximum absolute atomic E-state index is 12.0. The Hall–Kier alpha value is -0.470. The highest BCUT2D eigenvalue weighted by atomic mass is 32.2. The zero-order valence-electron chi connectivity index (χ0n) is 11.5. The predicted octanol–water partition coefficient (Wildman–Crippen LogP) is 0.0694. The van der Waals surface area contributed by atoms with Crippen LogP contribution in [0.4, 0.5) is 0 Å². The van der Waals surface area contributed by atoms with Crippen molar-refractivity contribution in [2.24, 2.45) is 10.7 Å². The lowest BCUT2D eigenvalue weighted by Crippen LogP contribution is -2.43. The molecule has 1 heterocycles. The molecule has 0 radical (unpaired) electrons. The first kappa shape index (κ1) is 16.6. The number of hydrogen-bond donors (Lipinski definition) is 2. The Labute approximate surface area is 120 Å². The van der Waals surface area contributed by atoms with Crippen LogP contribution in [0.3, 0.4) is 0 Å². The molecule has 1 aliphatic heterocycles. The normalized spacial score (nSPS) is 18.5. The van der Waals surface area contributed by atoms with Crippen LogP contribution in [0.2, 0.25) is 0 Å². The summed E-state index contributed by atoms with van der Waals surface area (Å²) < 4.78 is 25.6. The third-order valence-corrected chi connectivity index (χ3v) is 5.64. The van der Waals surface area contributed by atoms with Gasteiger partial charge in [0.25, 0.3) is 0 Å². The van der Waals surface area contributed by atoms with Crippen molar-refractivity contribution in [1.29, 1.82) is 0 Å². The van der Waals surface area contributed by atoms with Crippen LogP contribution in [0.1, 0.15) is 19.8 Å². The molecule has 19 heavy (non-hydrogen) atoms. The van der Waals surface area contributed by atoms with Gasteiger partial charge in [-0.1, -0.05) is 13.3 Å². The van der Waals surface area contributed by atoms with Crippen LogP contribution in [-0.2, 0) is 10.0 Å². The molecule has 1 saturated heterocycles. The predicted molar refractivity (Wildman–Crippen MR) is 82.1 cm³/mol. The van der Waals surface area contributed by atoms with Crippen molar-refractivity contribution in [1.82, 2.24) is 9.62 Å². The van der Waals surface area contributed by atoms with E-state index in [0.717, 1.165) is 24.3 Å². The molecule has 0 atom stereocenters. The highest BCUT2D eigenvalue weighted by molar-refractivity contribution is 7.99. The zero-order chi connectivity index (χ0) is 14.1. The molecule has 0 saturated carbocycles. The van der Waals surface area contributed by atoms with E-state index in [-0.39, 0.29) is 5.75 Å². The standard InChI is InChI=1S/C11H24N4O2S2/c1-2-3-4-13-11(12)14-5-10-19(16,17)15-6-8-18-9-7-15/h2-10H2,1H3,(H3,12,13,14). The number of nitrogens with zero attached hydrogens (tertiary/aromatic N) is 2. The second-order valence-electron chi connectivity index (χ2n) is 4.37. The SMILES string of the molecule is CCCCN=C(N)NCCS(=O)(=O)N1CCSCC1. The van der Waals surface area contributed by atoms with Crippen LogP contribution in [0.25, 0.3) is 0 Å². The number of aliphatic imine (C=N–C) groups is 1. The molecule has 0 bridgehead atoms. The minimum Gasteiger partial charge on any atom is -0.370 e. The Bertz CT molecular complexity index is 378. The number of thioether (sulfide) groups is 1. The first-order valence-electron chi connectivity index (χ1n) is 6.65. The van der Waals surface area contributed by atoms with Crippen molar-refractivity contribution in [3.05, 3.63) is 0 Å². The molecule has 0 amide bonds. The summed E-state index contributed by atoms with van der Waals surface area (Å²) in [6.45, 7) is 4.32. The van der Waals surface area contributed by atoms with Gasteiger partial charge in [0.15, 0.2) is 5.96 Å². The monoisotopic (exact) mass is 308 g/mol. The average Bonchev–Trinajstić information content (AvgIpc) is 2.40. The summed E-state index contributed by atoms with van der Waals surface area (Å²) in [7, 11) is -3.16. The number of guanidine groups is 1. The molecule has 1 aliphatic rings. The fourth-order valence-corrected chi connectivity index (χ4v) is 4.17. The molecule has 8 heteroatoms. The van der Waals surface area contributed by atoms with E-state index >= 15 is 0 Å². The van der Waals surface area contributed by atoms with Crippen LogP contribution in [-0.4, -0.2) is 62.1 Å². The number of hydrogen-bond acceptors (Lipinski definition) is 4. The van der Waals surface area contributed by atoms with Gasteiger partial charge in [0, 0.05) is 37.7 Å². The van der Waals surface area contributed by atoms with Gasteiger partial charge in [-0.25, -0.2) is 12.7 Å². The molecule has 0 aromatic carbocycles. The van der Waals surface area contributed by atoms with Gasteiger partial charge in [-0.3, -0.25) is 4.99 Å². The minimum atomic E-state index is -3.16. The Balaban J connectivity index is 2.29. The van der Waals surface area contributed by atoms with Gasteiger partial charge >= 0.3 is 0 Å². The maximum Gasteiger partial charge on any atom is 0.215 e. The molecular weight excluding hydrogens is 284 g/mol. The second-order valence-corrected chi connectivity index (χ2v) is 7.69. The summed E-state index contributed by atoms with van der Waals surface area (Å²) in [6, 6.07) is 0. The van der Waals surface area contributed by atoms with Crippen LogP contribution in [0, 0.1) is 0 Å². The number of rotatable bonds is 7. The fraction of sp³-hybridized carbons (Fsp3) is 0.909. The number of nitrogens with two attached hydrogens (primary N) is 1. The minimum absolute atomic E-state index is 0.0711. The van der Waals surface area contributed by atoms with Crippen molar-refractivity contribution in [3.63, 3.8) is 0 Å². The molecule has 0 spiro atoms. The molecule has 1 fully saturated rings. The summed E-state index contributed by atoms with van der Waals surface area (Å²) >= 11 is 1.79. The van der Waals surface area contributed by atoms with E-state index < -0.39 is 10.0 Å². The lowest BCUT2D eigenvalue weighted by Gasteiger charge is -2.25. The summed E-state index contributed by atoms with van der Waals surface area (Å²) in [5, 5.41) is 2.85. The van der Waals surface area contributed by atoms with Gasteiger partial charge in [-0.15, -0.1) is 0 Å². The maximum atomic E-state index is 12.0. The highest BCUT2D eigenvalue weighted by Gasteiger charge is 2.23. The van der Waals surface area contributed by atoms with E-state index in [9.17, 15) is 8.42 Å². The quantitative estimate of drug-likeness (QED) is 0.395. The zero-order valence-corrected chi connectivity index (χ0v) is 13.1. The van der Waals surface area contributed by atoms with Gasteiger partial charge in [0.05, 0.1) is 5.75 Å². The van der Waals surface area contributed by atoms with Crippen molar-refractivity contribution in [3.8, 4) is 0 Å². The Morgan fingerprint density at radius 2 is 2.11 bits per heavy atom. The van der Waals surface area contributed by atoms with E-state index in [2.05, 4.69) is 17.2 Å². The topological polar surface area (TPSA) is 87.8 Å². The number of sulfonamides is 1. The summed E-state index contributed by atoms with van der Waals surface area (Å²) in [6.07, 6.45) is 2.06. The average molecular weight is 308 g/mol. The van der Waals surface area contributed by atoms with Gasteiger partial charge < -0.3 is 11.1 Å². The first-order chi connectivity index (χ1) is 9.06. The van der Waals surface area contributed by atoms with Crippen LogP contribution in [0.15, 0.2) is 4.99 Å². The molecule has 6 nitrogen and oxygen atoms in total. The van der Waals surface area contributed by atoms with Crippen LogP contribution >= 0.6 is 11.8 Å². The Kier molecular flexibility index (Phi) is 7.55. The fourth-order valence-electron chi connectivity index (χ4n) is 1.68. The molecule has 1 rings (SSSR count). The lowest BCUT2D eigenvalue weighted by molar-refractivity contribution is 0.443. The molecule has 0 unspecified atom stereocenters. The number of unbranched alkanes of at least 4 members (excludes halogenated alkanes) is 1. The molecule has 112 valence electrons. The number of nitrogens with one attached hydrogen (secondary N) is 1. The smallest absolute Gasteiger partial charge is 0.215 e. The van der Waals surface area contributed by atoms with Gasteiger partial charge in [0.2, 0.25) is 10.0 Å². The van der Waals surface area contributed by atoms with Crippen molar-refractivity contribution < 1.29 is 8.42 Å². The largest absolute Gasteiger partial charge is 0.370 e. The van der Waals surface area contributed by atoms with Crippen molar-refractivity contribution >= 4 is 27.7 Å². The van der Waals surface area contributed by atoms with E-state index in [1.54, 1.807) is 16.1 Å². The van der Waals surface area contributed by atoms with Crippen LogP contribution < -0.4 is 11.1 Å². The van der Waals surface area contributed by atoms with E-state index in [4.69, 9.17) is 5.73 Å². The van der Waals surface area contributed by atoms with Crippen LogP contribution in [0.5, 0.6) is 0 Å². The second kappa shape index (κ2) is 8.65. The summed E-state index contributed by atoms with van der Waals surface area (Å²) in [5.74, 6) is 2.17. The molecule has 0 aromatic heterocycles. The third-order valence-electron chi connectivity index (χ3n) is 2.82. The molecular formula is C11H24N4O2S2. The summed E-state index contributed by atoms with van der Waals surface area (Å²) in [5.41, 5.74) is 5.65. The summed E-state index contributed by atoms with van der Waals surface area (Å²) in [4.78, 5) is 4.12. The van der Waals surface area contributed by atoms with E-state index in [1.165, 1.54) is 0 Å². The third kappa shape index (κ3) is 6.49. The molecule has 0 aromatic rings. The molecule has 0 aliphatic carbocycles.